The third-order valence-corrected chi connectivity index (χ3v) is 4.31. The molecule has 1 rings (SSSR count). The van der Waals surface area contributed by atoms with Gasteiger partial charge >= 0.3 is 5.97 Å². The molecule has 2 unspecified atom stereocenters. The molecule has 1 aromatic carbocycles. The van der Waals surface area contributed by atoms with Crippen LogP contribution in [0.2, 0.25) is 0 Å². The molecule has 0 aromatic heterocycles. The molecule has 0 aliphatic heterocycles. The lowest BCUT2D eigenvalue weighted by molar-refractivity contribution is -0.178. The van der Waals surface area contributed by atoms with Crippen LogP contribution >= 0.6 is 0 Å². The summed E-state index contributed by atoms with van der Waals surface area (Å²) >= 11 is 0. The molecule has 2 atom stereocenters. The average Bonchev–Trinajstić information content (AvgIpc) is 2.58. The van der Waals surface area contributed by atoms with Gasteiger partial charge in [0, 0.05) is 0 Å². The molecule has 28 heavy (non-hydrogen) atoms. The fraction of sp³-hybridized carbons (Fsp3) is 0.667. The van der Waals surface area contributed by atoms with Gasteiger partial charge in [-0.2, -0.15) is 0 Å². The van der Waals surface area contributed by atoms with E-state index in [2.05, 4.69) is 0 Å². The number of carbonyl (C=O) groups is 1. The normalized spacial score (nSPS) is 14.0. The number of hydrogen-bond donors (Lipinski definition) is 3. The number of hydrogen-bond acceptors (Lipinski definition) is 7. The molecule has 0 saturated heterocycles. The molecular weight excluding hydrogens is 364 g/mol. The van der Waals surface area contributed by atoms with Gasteiger partial charge in [-0.1, -0.05) is 39.8 Å². The summed E-state index contributed by atoms with van der Waals surface area (Å²) in [5.74, 6) is -0.377. The molecule has 7 heteroatoms. The monoisotopic (exact) mass is 398 g/mol. The highest BCUT2D eigenvalue weighted by Crippen LogP contribution is 2.36. The van der Waals surface area contributed by atoms with E-state index >= 15 is 0 Å². The lowest BCUT2D eigenvalue weighted by atomic mass is 9.82. The lowest BCUT2D eigenvalue weighted by Crippen LogP contribution is -2.24. The number of benzene rings is 1. The third kappa shape index (κ3) is 8.14. The van der Waals surface area contributed by atoms with E-state index in [1.807, 2.05) is 46.8 Å². The SMILES string of the molecule is Cc1cc(C(C)CC(=O)OC(O)COCCOCCO)cc(C(C)(C)C)c1O. The summed E-state index contributed by atoms with van der Waals surface area (Å²) in [6.45, 7) is 10.4. The van der Waals surface area contributed by atoms with Crippen molar-refractivity contribution in [3.05, 3.63) is 28.8 Å². The number of ether oxygens (including phenoxy) is 3. The van der Waals surface area contributed by atoms with Gasteiger partial charge in [-0.25, -0.2) is 0 Å². The molecule has 0 saturated carbocycles. The first kappa shape index (κ1) is 24.4. The molecule has 3 N–H and O–H groups in total. The van der Waals surface area contributed by atoms with Crippen molar-refractivity contribution in [1.29, 1.82) is 0 Å². The van der Waals surface area contributed by atoms with Crippen molar-refractivity contribution < 1.29 is 34.3 Å². The van der Waals surface area contributed by atoms with E-state index in [1.54, 1.807) is 0 Å². The van der Waals surface area contributed by atoms with E-state index in [1.165, 1.54) is 0 Å². The Kier molecular flexibility index (Phi) is 9.89. The van der Waals surface area contributed by atoms with Gasteiger partial charge in [-0.3, -0.25) is 4.79 Å². The Morgan fingerprint density at radius 3 is 2.39 bits per heavy atom. The van der Waals surface area contributed by atoms with Gasteiger partial charge in [0.15, 0.2) is 0 Å². The molecule has 0 aliphatic rings. The van der Waals surface area contributed by atoms with Crippen LogP contribution in [-0.2, 0) is 24.4 Å². The molecule has 1 aromatic rings. The van der Waals surface area contributed by atoms with Crippen LogP contribution in [0, 0.1) is 6.92 Å². The van der Waals surface area contributed by atoms with Gasteiger partial charge in [0.25, 0.3) is 0 Å². The largest absolute Gasteiger partial charge is 0.507 e. The smallest absolute Gasteiger partial charge is 0.308 e. The first-order valence-electron chi connectivity index (χ1n) is 9.54. The fourth-order valence-electron chi connectivity index (χ4n) is 2.73. The zero-order valence-corrected chi connectivity index (χ0v) is 17.5. The third-order valence-electron chi connectivity index (χ3n) is 4.31. The Morgan fingerprint density at radius 1 is 1.14 bits per heavy atom. The summed E-state index contributed by atoms with van der Waals surface area (Å²) in [5, 5.41) is 28.7. The van der Waals surface area contributed by atoms with E-state index in [0.717, 1.165) is 16.7 Å². The minimum Gasteiger partial charge on any atom is -0.507 e. The van der Waals surface area contributed by atoms with E-state index < -0.39 is 12.3 Å². The van der Waals surface area contributed by atoms with Gasteiger partial charge in [-0.15, -0.1) is 0 Å². The second-order valence-corrected chi connectivity index (χ2v) is 7.94. The number of phenolic OH excluding ortho intramolecular Hbond substituents is 1. The molecular formula is C21H34O7. The predicted molar refractivity (Wildman–Crippen MR) is 105 cm³/mol. The van der Waals surface area contributed by atoms with E-state index in [4.69, 9.17) is 19.3 Å². The van der Waals surface area contributed by atoms with Crippen LogP contribution in [-0.4, -0.2) is 60.6 Å². The summed E-state index contributed by atoms with van der Waals surface area (Å²) in [7, 11) is 0. The Morgan fingerprint density at radius 2 is 1.79 bits per heavy atom. The summed E-state index contributed by atoms with van der Waals surface area (Å²) in [6, 6.07) is 3.79. The minimum atomic E-state index is -1.34. The topological polar surface area (TPSA) is 105 Å². The van der Waals surface area contributed by atoms with Crippen molar-refractivity contribution in [3.8, 4) is 5.75 Å². The van der Waals surface area contributed by atoms with E-state index in [0.29, 0.717) is 0 Å². The molecule has 0 bridgehead atoms. The van der Waals surface area contributed by atoms with Crippen molar-refractivity contribution in [2.45, 2.75) is 58.7 Å². The highest BCUT2D eigenvalue weighted by atomic mass is 16.7. The summed E-state index contributed by atoms with van der Waals surface area (Å²) in [6.07, 6.45) is -1.24. The Labute approximate surface area is 167 Å². The number of aliphatic hydroxyl groups is 2. The summed E-state index contributed by atoms with van der Waals surface area (Å²) in [5.41, 5.74) is 2.31. The van der Waals surface area contributed by atoms with Crippen molar-refractivity contribution in [2.24, 2.45) is 0 Å². The zero-order valence-electron chi connectivity index (χ0n) is 17.5. The number of aliphatic hydroxyl groups excluding tert-OH is 2. The molecule has 0 spiro atoms. The quantitative estimate of drug-likeness (QED) is 0.298. The van der Waals surface area contributed by atoms with Crippen LogP contribution in [0.4, 0.5) is 0 Å². The van der Waals surface area contributed by atoms with Gasteiger partial charge in [0.1, 0.15) is 12.4 Å². The first-order valence-corrected chi connectivity index (χ1v) is 9.54. The maximum absolute atomic E-state index is 12.1. The second kappa shape index (κ2) is 11.4. The molecule has 0 amide bonds. The molecule has 160 valence electrons. The van der Waals surface area contributed by atoms with Gasteiger partial charge in [0.2, 0.25) is 6.29 Å². The first-order chi connectivity index (χ1) is 13.1. The number of aromatic hydroxyl groups is 1. The highest BCUT2D eigenvalue weighted by Gasteiger charge is 2.23. The molecule has 0 aliphatic carbocycles. The summed E-state index contributed by atoms with van der Waals surface area (Å²) in [4.78, 5) is 12.1. The molecule has 0 heterocycles. The fourth-order valence-corrected chi connectivity index (χ4v) is 2.73. The van der Waals surface area contributed by atoms with Crippen LogP contribution in [0.3, 0.4) is 0 Å². The second-order valence-electron chi connectivity index (χ2n) is 7.94. The lowest BCUT2D eigenvalue weighted by Gasteiger charge is -2.24. The van der Waals surface area contributed by atoms with Gasteiger partial charge in [-0.05, 0) is 34.9 Å². The molecule has 0 fully saturated rings. The van der Waals surface area contributed by atoms with Crippen LogP contribution in [0.15, 0.2) is 12.1 Å². The van der Waals surface area contributed by atoms with Gasteiger partial charge < -0.3 is 29.5 Å². The number of phenols is 1. The van der Waals surface area contributed by atoms with E-state index in [-0.39, 0.29) is 56.5 Å². The Hall–Kier alpha value is -1.67. The van der Waals surface area contributed by atoms with Crippen LogP contribution < -0.4 is 0 Å². The molecule has 7 nitrogen and oxygen atoms in total. The van der Waals surface area contributed by atoms with Crippen molar-refractivity contribution in [3.63, 3.8) is 0 Å². The van der Waals surface area contributed by atoms with Gasteiger partial charge in [0.05, 0.1) is 32.8 Å². The van der Waals surface area contributed by atoms with Crippen molar-refractivity contribution >= 4 is 5.97 Å². The zero-order chi connectivity index (χ0) is 21.3. The van der Waals surface area contributed by atoms with Crippen molar-refractivity contribution in [1.82, 2.24) is 0 Å². The summed E-state index contributed by atoms with van der Waals surface area (Å²) < 4.78 is 15.2. The minimum absolute atomic E-state index is 0.0593. The number of rotatable bonds is 11. The van der Waals surface area contributed by atoms with Crippen LogP contribution in [0.1, 0.15) is 56.7 Å². The van der Waals surface area contributed by atoms with Crippen LogP contribution in [0.25, 0.3) is 0 Å². The van der Waals surface area contributed by atoms with Crippen molar-refractivity contribution in [2.75, 3.05) is 33.0 Å². The standard InChI is InChI=1S/C21H34O7/c1-14(16-10-15(2)20(25)17(12-16)21(3,4)5)11-18(23)28-19(24)13-27-9-8-26-7-6-22/h10,12,14,19,22,24-25H,6-9,11,13H2,1-5H3. The highest BCUT2D eigenvalue weighted by molar-refractivity contribution is 5.70. The average molecular weight is 398 g/mol. The molecule has 0 radical (unpaired) electrons. The Bertz CT molecular complexity index is 622. The Balaban J connectivity index is 2.55. The maximum atomic E-state index is 12.1. The number of carbonyl (C=O) groups excluding carboxylic acids is 1. The predicted octanol–water partition coefficient (Wildman–Crippen LogP) is 2.38. The maximum Gasteiger partial charge on any atom is 0.308 e. The number of esters is 1. The van der Waals surface area contributed by atoms with Crippen LogP contribution in [0.5, 0.6) is 5.75 Å². The number of aryl methyl sites for hydroxylation is 1. The van der Waals surface area contributed by atoms with E-state index in [9.17, 15) is 15.0 Å².